The van der Waals surface area contributed by atoms with Crippen molar-refractivity contribution in [2.75, 3.05) is 6.61 Å². The van der Waals surface area contributed by atoms with E-state index in [1.165, 1.54) is 0 Å². The number of rotatable bonds is 6. The molecule has 0 bridgehead atoms. The summed E-state index contributed by atoms with van der Waals surface area (Å²) in [5.74, 6) is 1.57. The Balaban J connectivity index is 1.91. The van der Waals surface area contributed by atoms with Gasteiger partial charge in [0.25, 0.3) is 0 Å². The molecule has 0 saturated heterocycles. The number of hydrogen-bond acceptors (Lipinski definition) is 3. The minimum atomic E-state index is -0.363. The Morgan fingerprint density at radius 3 is 2.14 bits per heavy atom. The van der Waals surface area contributed by atoms with Crippen LogP contribution in [0, 0.1) is 12.8 Å². The molecule has 0 amide bonds. The fourth-order valence-electron chi connectivity index (χ4n) is 1.87. The molecule has 0 saturated carbocycles. The van der Waals surface area contributed by atoms with Crippen molar-refractivity contribution in [1.29, 1.82) is 0 Å². The molecule has 2 rings (SSSR count). The highest BCUT2D eigenvalue weighted by atomic mass is 16.5. The Morgan fingerprint density at radius 1 is 0.955 bits per heavy atom. The first-order chi connectivity index (χ1) is 10.5. The lowest BCUT2D eigenvalue weighted by Gasteiger charge is -2.09. The van der Waals surface area contributed by atoms with Gasteiger partial charge in [-0.05, 0) is 55.7 Å². The monoisotopic (exact) mass is 298 g/mol. The Kier molecular flexibility index (Phi) is 5.59. The van der Waals surface area contributed by atoms with Crippen LogP contribution in [0.4, 0.5) is 0 Å². The first-order valence-electron chi connectivity index (χ1n) is 7.56. The fraction of sp³-hybridized carbons (Fsp3) is 0.316. The van der Waals surface area contributed by atoms with Crippen LogP contribution in [0.2, 0.25) is 0 Å². The molecule has 3 heteroatoms. The zero-order chi connectivity index (χ0) is 15.9. The van der Waals surface area contributed by atoms with Crippen LogP contribution in [-0.4, -0.2) is 12.6 Å². The van der Waals surface area contributed by atoms with Gasteiger partial charge >= 0.3 is 5.97 Å². The smallest absolute Gasteiger partial charge is 0.343 e. The highest BCUT2D eigenvalue weighted by molar-refractivity contribution is 5.91. The molecule has 2 aromatic carbocycles. The number of esters is 1. The molecule has 0 aliphatic heterocycles. The Bertz CT molecular complexity index is 598. The van der Waals surface area contributed by atoms with E-state index in [1.807, 2.05) is 19.1 Å². The van der Waals surface area contributed by atoms with E-state index in [9.17, 15) is 4.79 Å². The van der Waals surface area contributed by atoms with E-state index >= 15 is 0 Å². The molecule has 0 heterocycles. The maximum atomic E-state index is 12.1. The van der Waals surface area contributed by atoms with Crippen LogP contribution >= 0.6 is 0 Å². The SMILES string of the molecule is Cc1ccc(OC(=O)c2ccc(OCCC(C)C)cc2)cc1. The third-order valence-corrected chi connectivity index (χ3v) is 3.29. The number of carbonyl (C=O) groups is 1. The lowest BCUT2D eigenvalue weighted by molar-refractivity contribution is 0.0734. The highest BCUT2D eigenvalue weighted by Crippen LogP contribution is 2.17. The van der Waals surface area contributed by atoms with Crippen molar-refractivity contribution in [1.82, 2.24) is 0 Å². The molecule has 0 spiro atoms. The summed E-state index contributed by atoms with van der Waals surface area (Å²) in [6.07, 6.45) is 1.01. The van der Waals surface area contributed by atoms with Gasteiger partial charge in [-0.15, -0.1) is 0 Å². The minimum Gasteiger partial charge on any atom is -0.494 e. The van der Waals surface area contributed by atoms with E-state index in [0.717, 1.165) is 17.7 Å². The number of benzene rings is 2. The summed E-state index contributed by atoms with van der Waals surface area (Å²) in [6.45, 7) is 7.00. The Labute approximate surface area is 131 Å². The second-order valence-electron chi connectivity index (χ2n) is 5.76. The molecule has 0 N–H and O–H groups in total. The molecule has 116 valence electrons. The lowest BCUT2D eigenvalue weighted by atomic mass is 10.1. The summed E-state index contributed by atoms with van der Waals surface area (Å²) in [7, 11) is 0. The van der Waals surface area contributed by atoms with Gasteiger partial charge in [0.1, 0.15) is 11.5 Å². The molecule has 0 unspecified atom stereocenters. The van der Waals surface area contributed by atoms with Crippen molar-refractivity contribution in [3.8, 4) is 11.5 Å². The van der Waals surface area contributed by atoms with Gasteiger partial charge in [-0.2, -0.15) is 0 Å². The summed E-state index contributed by atoms with van der Waals surface area (Å²) >= 11 is 0. The normalized spacial score (nSPS) is 10.5. The highest BCUT2D eigenvalue weighted by Gasteiger charge is 2.08. The zero-order valence-electron chi connectivity index (χ0n) is 13.3. The van der Waals surface area contributed by atoms with Crippen molar-refractivity contribution >= 4 is 5.97 Å². The summed E-state index contributed by atoms with van der Waals surface area (Å²) < 4.78 is 11.0. The van der Waals surface area contributed by atoms with Gasteiger partial charge in [-0.3, -0.25) is 0 Å². The van der Waals surface area contributed by atoms with Crippen LogP contribution in [-0.2, 0) is 0 Å². The van der Waals surface area contributed by atoms with Gasteiger partial charge < -0.3 is 9.47 Å². The van der Waals surface area contributed by atoms with Gasteiger partial charge in [0.15, 0.2) is 0 Å². The fourth-order valence-corrected chi connectivity index (χ4v) is 1.87. The number of aryl methyl sites for hydroxylation is 1. The van der Waals surface area contributed by atoms with Crippen molar-refractivity contribution < 1.29 is 14.3 Å². The maximum Gasteiger partial charge on any atom is 0.343 e. The van der Waals surface area contributed by atoms with Crippen LogP contribution in [0.15, 0.2) is 48.5 Å². The Morgan fingerprint density at radius 2 is 1.55 bits per heavy atom. The average Bonchev–Trinajstić information content (AvgIpc) is 2.50. The van der Waals surface area contributed by atoms with E-state index in [-0.39, 0.29) is 5.97 Å². The molecule has 0 fully saturated rings. The topological polar surface area (TPSA) is 35.5 Å². The molecule has 0 aliphatic rings. The lowest BCUT2D eigenvalue weighted by Crippen LogP contribution is -2.08. The van der Waals surface area contributed by atoms with E-state index < -0.39 is 0 Å². The van der Waals surface area contributed by atoms with E-state index in [4.69, 9.17) is 9.47 Å². The molecule has 2 aromatic rings. The van der Waals surface area contributed by atoms with Crippen LogP contribution in [0.3, 0.4) is 0 Å². The molecular formula is C19H22O3. The summed E-state index contributed by atoms with van der Waals surface area (Å²) in [5.41, 5.74) is 1.64. The molecule has 0 aliphatic carbocycles. The summed E-state index contributed by atoms with van der Waals surface area (Å²) in [6, 6.07) is 14.4. The quantitative estimate of drug-likeness (QED) is 0.575. The standard InChI is InChI=1S/C19H22O3/c1-14(2)12-13-21-17-10-6-16(7-11-17)19(20)22-18-8-4-15(3)5-9-18/h4-11,14H,12-13H2,1-3H3. The van der Waals surface area contributed by atoms with Crippen LogP contribution in [0.25, 0.3) is 0 Å². The second-order valence-corrected chi connectivity index (χ2v) is 5.76. The van der Waals surface area contributed by atoms with Gasteiger partial charge in [0, 0.05) is 0 Å². The number of carbonyl (C=O) groups excluding carboxylic acids is 1. The van der Waals surface area contributed by atoms with Crippen molar-refractivity contribution in [3.63, 3.8) is 0 Å². The summed E-state index contributed by atoms with van der Waals surface area (Å²) in [4.78, 5) is 12.1. The predicted molar refractivity (Wildman–Crippen MR) is 87.5 cm³/mol. The van der Waals surface area contributed by atoms with Crippen LogP contribution < -0.4 is 9.47 Å². The molecule has 0 aromatic heterocycles. The molecule has 0 radical (unpaired) electrons. The maximum absolute atomic E-state index is 12.1. The molecule has 3 nitrogen and oxygen atoms in total. The van der Waals surface area contributed by atoms with Crippen molar-refractivity contribution in [2.45, 2.75) is 27.2 Å². The Hall–Kier alpha value is -2.29. The second kappa shape index (κ2) is 7.64. The third kappa shape index (κ3) is 4.92. The number of ether oxygens (including phenoxy) is 2. The molecule has 22 heavy (non-hydrogen) atoms. The number of hydrogen-bond donors (Lipinski definition) is 0. The van der Waals surface area contributed by atoms with E-state index in [0.29, 0.717) is 23.8 Å². The minimum absolute atomic E-state index is 0.363. The largest absolute Gasteiger partial charge is 0.494 e. The van der Waals surface area contributed by atoms with E-state index in [1.54, 1.807) is 36.4 Å². The third-order valence-electron chi connectivity index (χ3n) is 3.29. The van der Waals surface area contributed by atoms with Gasteiger partial charge in [0.05, 0.1) is 12.2 Å². The molecule has 0 atom stereocenters. The average molecular weight is 298 g/mol. The van der Waals surface area contributed by atoms with Crippen LogP contribution in [0.1, 0.15) is 36.2 Å². The molecular weight excluding hydrogens is 276 g/mol. The van der Waals surface area contributed by atoms with Gasteiger partial charge in [0.2, 0.25) is 0 Å². The van der Waals surface area contributed by atoms with E-state index in [2.05, 4.69) is 13.8 Å². The first kappa shape index (κ1) is 16.1. The van der Waals surface area contributed by atoms with Crippen LogP contribution in [0.5, 0.6) is 11.5 Å². The summed E-state index contributed by atoms with van der Waals surface area (Å²) in [5, 5.41) is 0. The van der Waals surface area contributed by atoms with Crippen molar-refractivity contribution in [3.05, 3.63) is 59.7 Å². The predicted octanol–water partition coefficient (Wildman–Crippen LogP) is 4.64. The zero-order valence-corrected chi connectivity index (χ0v) is 13.3. The van der Waals surface area contributed by atoms with Gasteiger partial charge in [-0.25, -0.2) is 4.79 Å². The van der Waals surface area contributed by atoms with Crippen molar-refractivity contribution in [2.24, 2.45) is 5.92 Å². The van der Waals surface area contributed by atoms with Gasteiger partial charge in [-0.1, -0.05) is 31.5 Å². The first-order valence-corrected chi connectivity index (χ1v) is 7.56.